The van der Waals surface area contributed by atoms with Gasteiger partial charge >= 0.3 is 0 Å². The summed E-state index contributed by atoms with van der Waals surface area (Å²) in [6, 6.07) is 4.84. The zero-order valence-electron chi connectivity index (χ0n) is 10.4. The number of nitrogens with one attached hydrogen (secondary N) is 2. The minimum Gasteiger partial charge on any atom is -0.351 e. The van der Waals surface area contributed by atoms with Crippen molar-refractivity contribution in [3.8, 4) is 0 Å². The Labute approximate surface area is 126 Å². The molecule has 1 aromatic carbocycles. The summed E-state index contributed by atoms with van der Waals surface area (Å²) >= 11 is 3.09. The van der Waals surface area contributed by atoms with Crippen molar-refractivity contribution in [2.45, 2.75) is 19.4 Å². The Morgan fingerprint density at radius 3 is 2.79 bits per heavy atom. The van der Waals surface area contributed by atoms with Crippen LogP contribution in [0.2, 0.25) is 0 Å². The van der Waals surface area contributed by atoms with E-state index >= 15 is 0 Å². The van der Waals surface area contributed by atoms with Crippen molar-refractivity contribution in [3.63, 3.8) is 0 Å². The summed E-state index contributed by atoms with van der Waals surface area (Å²) in [5, 5.41) is 5.87. The van der Waals surface area contributed by atoms with Gasteiger partial charge in [0, 0.05) is 6.54 Å². The van der Waals surface area contributed by atoms with E-state index in [1.807, 2.05) is 0 Å². The fourth-order valence-corrected chi connectivity index (χ4v) is 1.87. The first-order valence-corrected chi connectivity index (χ1v) is 6.86. The molecule has 19 heavy (non-hydrogen) atoms. The fourth-order valence-electron chi connectivity index (χ4n) is 1.62. The summed E-state index contributed by atoms with van der Waals surface area (Å²) in [5.74, 6) is 0.394. The van der Waals surface area contributed by atoms with Gasteiger partial charge in [-0.25, -0.2) is 4.39 Å². The number of carbonyl (C=O) groups is 1. The standard InChI is InChI=1S/C13H16BrFN2O.ClH/c14-11-4-3-10(5-12(11)15)7-17-13(18)8-16-6-9-1-2-9;/h3-5,9,16H,1-2,6-8H2,(H,17,18);1H. The van der Waals surface area contributed by atoms with Crippen LogP contribution in [0.25, 0.3) is 0 Å². The molecular weight excluding hydrogens is 335 g/mol. The second kappa shape index (κ2) is 7.82. The number of amides is 1. The maximum Gasteiger partial charge on any atom is 0.234 e. The van der Waals surface area contributed by atoms with Gasteiger partial charge in [0.1, 0.15) is 5.82 Å². The fraction of sp³-hybridized carbons (Fsp3) is 0.462. The molecule has 1 fully saturated rings. The van der Waals surface area contributed by atoms with Crippen molar-refractivity contribution in [1.29, 1.82) is 0 Å². The van der Waals surface area contributed by atoms with E-state index in [2.05, 4.69) is 26.6 Å². The molecule has 6 heteroatoms. The van der Waals surface area contributed by atoms with E-state index in [1.54, 1.807) is 12.1 Å². The predicted molar refractivity (Wildman–Crippen MR) is 78.8 cm³/mol. The van der Waals surface area contributed by atoms with Crippen LogP contribution in [0.5, 0.6) is 0 Å². The molecule has 1 amide bonds. The highest BCUT2D eigenvalue weighted by molar-refractivity contribution is 9.10. The van der Waals surface area contributed by atoms with Gasteiger partial charge in [0.05, 0.1) is 11.0 Å². The quantitative estimate of drug-likeness (QED) is 0.827. The number of benzene rings is 1. The molecule has 1 aliphatic rings. The largest absolute Gasteiger partial charge is 0.351 e. The van der Waals surface area contributed by atoms with E-state index in [1.165, 1.54) is 18.9 Å². The number of hydrogen-bond acceptors (Lipinski definition) is 2. The topological polar surface area (TPSA) is 41.1 Å². The van der Waals surface area contributed by atoms with Gasteiger partial charge in [0.25, 0.3) is 0 Å². The minimum absolute atomic E-state index is 0. The molecular formula is C13H17BrClFN2O. The lowest BCUT2D eigenvalue weighted by molar-refractivity contribution is -0.120. The first-order valence-electron chi connectivity index (χ1n) is 6.06. The highest BCUT2D eigenvalue weighted by Gasteiger charge is 2.20. The molecule has 106 valence electrons. The summed E-state index contributed by atoms with van der Waals surface area (Å²) in [6.45, 7) is 1.60. The first-order chi connectivity index (χ1) is 8.65. The van der Waals surface area contributed by atoms with Crippen LogP contribution < -0.4 is 10.6 Å². The normalized spacial score (nSPS) is 13.8. The van der Waals surface area contributed by atoms with Gasteiger partial charge < -0.3 is 10.6 Å². The molecule has 3 nitrogen and oxygen atoms in total. The molecule has 2 rings (SSSR count). The van der Waals surface area contributed by atoms with Crippen LogP contribution in [0.4, 0.5) is 4.39 Å². The predicted octanol–water partition coefficient (Wildman–Crippen LogP) is 2.63. The summed E-state index contributed by atoms with van der Waals surface area (Å²) in [5.41, 5.74) is 0.756. The van der Waals surface area contributed by atoms with E-state index in [-0.39, 0.29) is 24.1 Å². The van der Waals surface area contributed by atoms with Crippen molar-refractivity contribution in [3.05, 3.63) is 34.1 Å². The Bertz CT molecular complexity index is 441. The van der Waals surface area contributed by atoms with Crippen LogP contribution in [0.15, 0.2) is 22.7 Å². The van der Waals surface area contributed by atoms with E-state index in [0.717, 1.165) is 18.0 Å². The van der Waals surface area contributed by atoms with Gasteiger partial charge in [0.15, 0.2) is 0 Å². The molecule has 0 radical (unpaired) electrons. The second-order valence-corrected chi connectivity index (χ2v) is 5.45. The molecule has 0 spiro atoms. The monoisotopic (exact) mass is 350 g/mol. The number of carbonyl (C=O) groups excluding carboxylic acids is 1. The van der Waals surface area contributed by atoms with Crippen LogP contribution >= 0.6 is 28.3 Å². The average molecular weight is 352 g/mol. The van der Waals surface area contributed by atoms with Crippen molar-refractivity contribution in [1.82, 2.24) is 10.6 Å². The second-order valence-electron chi connectivity index (χ2n) is 4.60. The molecule has 0 heterocycles. The summed E-state index contributed by atoms with van der Waals surface area (Å²) in [4.78, 5) is 11.5. The molecule has 0 atom stereocenters. The molecule has 1 aliphatic carbocycles. The number of hydrogen-bond donors (Lipinski definition) is 2. The Balaban J connectivity index is 0.00000180. The van der Waals surface area contributed by atoms with Crippen LogP contribution in [0.1, 0.15) is 18.4 Å². The van der Waals surface area contributed by atoms with E-state index < -0.39 is 0 Å². The lowest BCUT2D eigenvalue weighted by Gasteiger charge is -2.07. The maximum absolute atomic E-state index is 13.2. The lowest BCUT2D eigenvalue weighted by atomic mass is 10.2. The first kappa shape index (κ1) is 16.4. The molecule has 1 saturated carbocycles. The number of rotatable bonds is 6. The zero-order valence-corrected chi connectivity index (χ0v) is 12.8. The summed E-state index contributed by atoms with van der Waals surface area (Å²) in [6.07, 6.45) is 2.54. The van der Waals surface area contributed by atoms with Crippen molar-refractivity contribution >= 4 is 34.2 Å². The van der Waals surface area contributed by atoms with Gasteiger partial charge in [0.2, 0.25) is 5.91 Å². The molecule has 0 saturated heterocycles. The molecule has 0 aromatic heterocycles. The minimum atomic E-state index is -0.311. The smallest absolute Gasteiger partial charge is 0.234 e. The van der Waals surface area contributed by atoms with Gasteiger partial charge in [-0.2, -0.15) is 0 Å². The van der Waals surface area contributed by atoms with Crippen LogP contribution in [0, 0.1) is 11.7 Å². The highest BCUT2D eigenvalue weighted by atomic mass is 79.9. The lowest BCUT2D eigenvalue weighted by Crippen LogP contribution is -2.34. The van der Waals surface area contributed by atoms with Gasteiger partial charge in [-0.3, -0.25) is 4.79 Å². The Hall–Kier alpha value is -0.650. The molecule has 0 aliphatic heterocycles. The third-order valence-electron chi connectivity index (χ3n) is 2.89. The molecule has 0 unspecified atom stereocenters. The Morgan fingerprint density at radius 2 is 2.16 bits per heavy atom. The van der Waals surface area contributed by atoms with E-state index in [4.69, 9.17) is 0 Å². The van der Waals surface area contributed by atoms with Gasteiger partial charge in [-0.15, -0.1) is 12.4 Å². The van der Waals surface area contributed by atoms with Crippen LogP contribution in [0.3, 0.4) is 0 Å². The summed E-state index contributed by atoms with van der Waals surface area (Å²) in [7, 11) is 0. The van der Waals surface area contributed by atoms with Gasteiger partial charge in [-0.1, -0.05) is 6.07 Å². The Morgan fingerprint density at radius 1 is 1.42 bits per heavy atom. The van der Waals surface area contributed by atoms with Crippen LogP contribution in [-0.2, 0) is 11.3 Å². The highest BCUT2D eigenvalue weighted by Crippen LogP contribution is 2.27. The van der Waals surface area contributed by atoms with E-state index in [0.29, 0.717) is 17.6 Å². The van der Waals surface area contributed by atoms with Crippen molar-refractivity contribution < 1.29 is 9.18 Å². The van der Waals surface area contributed by atoms with Crippen LogP contribution in [-0.4, -0.2) is 19.0 Å². The maximum atomic E-state index is 13.2. The Kier molecular flexibility index (Phi) is 6.75. The molecule has 2 N–H and O–H groups in total. The molecule has 1 aromatic rings. The third kappa shape index (κ3) is 5.89. The third-order valence-corrected chi connectivity index (χ3v) is 3.53. The zero-order chi connectivity index (χ0) is 13.0. The van der Waals surface area contributed by atoms with Crippen molar-refractivity contribution in [2.24, 2.45) is 5.92 Å². The van der Waals surface area contributed by atoms with Crippen molar-refractivity contribution in [2.75, 3.05) is 13.1 Å². The molecule has 0 bridgehead atoms. The summed E-state index contributed by atoms with van der Waals surface area (Å²) < 4.78 is 13.7. The van der Waals surface area contributed by atoms with E-state index in [9.17, 15) is 9.18 Å². The SMILES string of the molecule is Cl.O=C(CNCC1CC1)NCc1ccc(Br)c(F)c1. The van der Waals surface area contributed by atoms with Gasteiger partial charge in [-0.05, 0) is 58.9 Å². The average Bonchev–Trinajstić information content (AvgIpc) is 3.15. The number of halogens is 3.